The molecule has 1 saturated heterocycles. The molecular formula is C15H21N3. The Morgan fingerprint density at radius 2 is 2.22 bits per heavy atom. The van der Waals surface area contributed by atoms with Crippen LogP contribution in [-0.4, -0.2) is 31.1 Å². The molecule has 0 radical (unpaired) electrons. The van der Waals surface area contributed by atoms with E-state index in [9.17, 15) is 0 Å². The van der Waals surface area contributed by atoms with Crippen LogP contribution in [-0.2, 0) is 6.54 Å². The molecule has 1 N–H and O–H groups in total. The van der Waals surface area contributed by atoms with Crippen molar-refractivity contribution in [2.75, 3.05) is 20.1 Å². The van der Waals surface area contributed by atoms with Crippen LogP contribution >= 0.6 is 0 Å². The standard InChI is InChI=1S/C15H21N3/c1-18(12-15-8-4-5-9-17-15)11-14-7-3-2-6-13(14)10-16/h2-3,6-7,15,17H,4-5,8-9,11-12H2,1H3. The third kappa shape index (κ3) is 3.56. The van der Waals surface area contributed by atoms with Crippen molar-refractivity contribution in [1.29, 1.82) is 5.26 Å². The van der Waals surface area contributed by atoms with E-state index < -0.39 is 0 Å². The first kappa shape index (κ1) is 13.1. The summed E-state index contributed by atoms with van der Waals surface area (Å²) in [4.78, 5) is 2.30. The number of hydrogen-bond donors (Lipinski definition) is 1. The predicted octanol–water partition coefficient (Wildman–Crippen LogP) is 2.13. The molecule has 1 aromatic carbocycles. The minimum Gasteiger partial charge on any atom is -0.313 e. The Hall–Kier alpha value is -1.37. The number of nitrogens with one attached hydrogen (secondary N) is 1. The van der Waals surface area contributed by atoms with E-state index in [0.717, 1.165) is 30.8 Å². The highest BCUT2D eigenvalue weighted by molar-refractivity contribution is 5.37. The molecule has 18 heavy (non-hydrogen) atoms. The van der Waals surface area contributed by atoms with E-state index in [1.807, 2.05) is 24.3 Å². The molecule has 1 unspecified atom stereocenters. The maximum absolute atomic E-state index is 9.07. The quantitative estimate of drug-likeness (QED) is 0.880. The largest absolute Gasteiger partial charge is 0.313 e. The molecule has 0 aromatic heterocycles. The number of likely N-dealkylation sites (N-methyl/N-ethyl adjacent to an activating group) is 1. The summed E-state index contributed by atoms with van der Waals surface area (Å²) in [5.41, 5.74) is 1.92. The molecule has 0 aliphatic carbocycles. The normalized spacial score (nSPS) is 19.7. The van der Waals surface area contributed by atoms with Crippen molar-refractivity contribution in [3.63, 3.8) is 0 Å². The fraction of sp³-hybridized carbons (Fsp3) is 0.533. The molecule has 1 aliphatic rings. The Morgan fingerprint density at radius 1 is 1.39 bits per heavy atom. The third-order valence-corrected chi connectivity index (χ3v) is 3.52. The van der Waals surface area contributed by atoms with Crippen LogP contribution in [0.5, 0.6) is 0 Å². The average Bonchev–Trinajstić information content (AvgIpc) is 2.40. The molecule has 1 aromatic rings. The van der Waals surface area contributed by atoms with Crippen molar-refractivity contribution in [3.8, 4) is 6.07 Å². The minimum atomic E-state index is 0.609. The molecule has 1 atom stereocenters. The van der Waals surface area contributed by atoms with E-state index >= 15 is 0 Å². The molecule has 1 heterocycles. The first-order chi connectivity index (χ1) is 8.79. The van der Waals surface area contributed by atoms with Crippen LogP contribution in [0.1, 0.15) is 30.4 Å². The van der Waals surface area contributed by atoms with Gasteiger partial charge in [0.2, 0.25) is 0 Å². The highest BCUT2D eigenvalue weighted by Gasteiger charge is 2.15. The first-order valence-corrected chi connectivity index (χ1v) is 6.69. The van der Waals surface area contributed by atoms with Gasteiger partial charge in [-0.25, -0.2) is 0 Å². The van der Waals surface area contributed by atoms with Gasteiger partial charge in [0.15, 0.2) is 0 Å². The summed E-state index contributed by atoms with van der Waals surface area (Å²) >= 11 is 0. The van der Waals surface area contributed by atoms with Crippen LogP contribution in [0.25, 0.3) is 0 Å². The van der Waals surface area contributed by atoms with Crippen LogP contribution in [0.15, 0.2) is 24.3 Å². The zero-order valence-corrected chi connectivity index (χ0v) is 11.0. The molecule has 1 fully saturated rings. The lowest BCUT2D eigenvalue weighted by Gasteiger charge is -2.28. The minimum absolute atomic E-state index is 0.609. The third-order valence-electron chi connectivity index (χ3n) is 3.52. The summed E-state index contributed by atoms with van der Waals surface area (Å²) in [5, 5.41) is 12.6. The summed E-state index contributed by atoms with van der Waals surface area (Å²) in [6.07, 6.45) is 3.90. The highest BCUT2D eigenvalue weighted by Crippen LogP contribution is 2.12. The zero-order valence-electron chi connectivity index (χ0n) is 11.0. The fourth-order valence-electron chi connectivity index (χ4n) is 2.58. The highest BCUT2D eigenvalue weighted by atomic mass is 15.1. The smallest absolute Gasteiger partial charge is 0.0995 e. The number of rotatable bonds is 4. The average molecular weight is 243 g/mol. The van der Waals surface area contributed by atoms with Crippen molar-refractivity contribution in [2.24, 2.45) is 0 Å². The van der Waals surface area contributed by atoms with Crippen LogP contribution in [0.3, 0.4) is 0 Å². The van der Waals surface area contributed by atoms with Gasteiger partial charge in [-0.3, -0.25) is 0 Å². The predicted molar refractivity (Wildman–Crippen MR) is 73.1 cm³/mol. The number of hydrogen-bond acceptors (Lipinski definition) is 3. The monoisotopic (exact) mass is 243 g/mol. The first-order valence-electron chi connectivity index (χ1n) is 6.69. The van der Waals surface area contributed by atoms with Crippen LogP contribution in [0.4, 0.5) is 0 Å². The fourth-order valence-corrected chi connectivity index (χ4v) is 2.58. The Balaban J connectivity index is 1.90. The van der Waals surface area contributed by atoms with Crippen molar-refractivity contribution in [2.45, 2.75) is 31.8 Å². The van der Waals surface area contributed by atoms with Crippen molar-refractivity contribution < 1.29 is 0 Å². The number of piperidine rings is 1. The summed E-state index contributed by atoms with van der Waals surface area (Å²) in [5.74, 6) is 0. The topological polar surface area (TPSA) is 39.1 Å². The van der Waals surface area contributed by atoms with Gasteiger partial charge in [0.25, 0.3) is 0 Å². The van der Waals surface area contributed by atoms with E-state index in [2.05, 4.69) is 23.3 Å². The number of nitriles is 1. The molecule has 0 spiro atoms. The molecule has 3 heteroatoms. The maximum Gasteiger partial charge on any atom is 0.0995 e. The molecule has 1 aliphatic heterocycles. The molecule has 0 saturated carbocycles. The van der Waals surface area contributed by atoms with E-state index in [1.54, 1.807) is 0 Å². The summed E-state index contributed by atoms with van der Waals surface area (Å²) in [6.45, 7) is 3.05. The number of benzene rings is 1. The van der Waals surface area contributed by atoms with E-state index in [1.165, 1.54) is 19.3 Å². The Kier molecular flexibility index (Phi) is 4.74. The molecule has 96 valence electrons. The van der Waals surface area contributed by atoms with Crippen LogP contribution in [0.2, 0.25) is 0 Å². The lowest BCUT2D eigenvalue weighted by molar-refractivity contribution is 0.256. The van der Waals surface area contributed by atoms with Gasteiger partial charge in [-0.1, -0.05) is 24.6 Å². The molecule has 0 amide bonds. The van der Waals surface area contributed by atoms with E-state index in [0.29, 0.717) is 6.04 Å². The van der Waals surface area contributed by atoms with Gasteiger partial charge in [0, 0.05) is 19.1 Å². The molecule has 3 nitrogen and oxygen atoms in total. The van der Waals surface area contributed by atoms with Crippen molar-refractivity contribution >= 4 is 0 Å². The molecule has 0 bridgehead atoms. The second-order valence-electron chi connectivity index (χ2n) is 5.11. The SMILES string of the molecule is CN(Cc1ccccc1C#N)CC1CCCCN1. The van der Waals surface area contributed by atoms with Crippen molar-refractivity contribution in [1.82, 2.24) is 10.2 Å². The van der Waals surface area contributed by atoms with Crippen molar-refractivity contribution in [3.05, 3.63) is 35.4 Å². The van der Waals surface area contributed by atoms with Gasteiger partial charge in [-0.05, 0) is 38.1 Å². The van der Waals surface area contributed by atoms with E-state index in [4.69, 9.17) is 5.26 Å². The van der Waals surface area contributed by atoms with Gasteiger partial charge >= 0.3 is 0 Å². The van der Waals surface area contributed by atoms with Gasteiger partial charge in [0.1, 0.15) is 0 Å². The summed E-state index contributed by atoms with van der Waals surface area (Å²) < 4.78 is 0. The van der Waals surface area contributed by atoms with Gasteiger partial charge in [0.05, 0.1) is 11.6 Å². The lowest BCUT2D eigenvalue weighted by atomic mass is 10.0. The van der Waals surface area contributed by atoms with Crippen LogP contribution < -0.4 is 5.32 Å². The Labute approximate surface area is 109 Å². The summed E-state index contributed by atoms with van der Waals surface area (Å²) in [6, 6.07) is 10.7. The van der Waals surface area contributed by atoms with Gasteiger partial charge in [-0.15, -0.1) is 0 Å². The Morgan fingerprint density at radius 3 is 2.94 bits per heavy atom. The van der Waals surface area contributed by atoms with Crippen LogP contribution in [0, 0.1) is 11.3 Å². The summed E-state index contributed by atoms with van der Waals surface area (Å²) in [7, 11) is 2.13. The zero-order chi connectivity index (χ0) is 12.8. The number of nitrogens with zero attached hydrogens (tertiary/aromatic N) is 2. The second kappa shape index (κ2) is 6.53. The molecule has 2 rings (SSSR count). The van der Waals surface area contributed by atoms with Gasteiger partial charge < -0.3 is 10.2 Å². The van der Waals surface area contributed by atoms with E-state index in [-0.39, 0.29) is 0 Å². The lowest BCUT2D eigenvalue weighted by Crippen LogP contribution is -2.42. The Bertz CT molecular complexity index is 416. The van der Waals surface area contributed by atoms with Gasteiger partial charge in [-0.2, -0.15) is 5.26 Å². The second-order valence-corrected chi connectivity index (χ2v) is 5.11. The molecular weight excluding hydrogens is 222 g/mol. The maximum atomic E-state index is 9.07.